The quantitative estimate of drug-likeness (QED) is 0.800. The summed E-state index contributed by atoms with van der Waals surface area (Å²) in [4.78, 5) is 23.1. The maximum absolute atomic E-state index is 12.3. The molecular formula is C18H16N4O2. The SMILES string of the molecule is O=C(NCc1ccco1)c1ccnc(N2CCc3ccccc32)n1. The smallest absolute Gasteiger partial charge is 0.270 e. The first kappa shape index (κ1) is 14.4. The Balaban J connectivity index is 1.53. The molecule has 1 aliphatic heterocycles. The van der Waals surface area contributed by atoms with Crippen molar-refractivity contribution in [2.75, 3.05) is 11.4 Å². The van der Waals surface area contributed by atoms with Crippen LogP contribution in [-0.2, 0) is 13.0 Å². The zero-order valence-electron chi connectivity index (χ0n) is 13.0. The van der Waals surface area contributed by atoms with Crippen molar-refractivity contribution < 1.29 is 9.21 Å². The molecule has 1 N–H and O–H groups in total. The molecule has 1 aliphatic rings. The summed E-state index contributed by atoms with van der Waals surface area (Å²) in [6, 6.07) is 13.4. The van der Waals surface area contributed by atoms with E-state index < -0.39 is 0 Å². The lowest BCUT2D eigenvalue weighted by atomic mass is 10.2. The predicted octanol–water partition coefficient (Wildman–Crippen LogP) is 2.69. The van der Waals surface area contributed by atoms with E-state index in [0.717, 1.165) is 18.7 Å². The molecule has 1 amide bonds. The Bertz CT molecular complexity index is 861. The van der Waals surface area contributed by atoms with Crippen LogP contribution in [0.5, 0.6) is 0 Å². The number of hydrogen-bond acceptors (Lipinski definition) is 5. The molecule has 3 heterocycles. The van der Waals surface area contributed by atoms with Crippen LogP contribution in [0.1, 0.15) is 21.8 Å². The molecule has 6 nitrogen and oxygen atoms in total. The van der Waals surface area contributed by atoms with Gasteiger partial charge in [0.1, 0.15) is 11.5 Å². The van der Waals surface area contributed by atoms with Gasteiger partial charge in [0.05, 0.1) is 12.8 Å². The number of benzene rings is 1. The lowest BCUT2D eigenvalue weighted by Gasteiger charge is -2.17. The van der Waals surface area contributed by atoms with Crippen molar-refractivity contribution in [3.05, 3.63) is 71.9 Å². The van der Waals surface area contributed by atoms with Gasteiger partial charge < -0.3 is 14.6 Å². The topological polar surface area (TPSA) is 71.3 Å². The number of nitrogens with one attached hydrogen (secondary N) is 1. The van der Waals surface area contributed by atoms with E-state index in [1.54, 1.807) is 24.6 Å². The van der Waals surface area contributed by atoms with Gasteiger partial charge in [0.15, 0.2) is 0 Å². The molecule has 0 radical (unpaired) electrons. The number of anilines is 2. The van der Waals surface area contributed by atoms with Crippen molar-refractivity contribution in [3.8, 4) is 0 Å². The first-order chi connectivity index (χ1) is 11.8. The standard InChI is InChI=1S/C18H16N4O2/c23-17(20-12-14-5-3-11-24-14)15-7-9-19-18(21-15)22-10-8-13-4-1-2-6-16(13)22/h1-7,9,11H,8,10,12H2,(H,20,23). The van der Waals surface area contributed by atoms with E-state index in [-0.39, 0.29) is 5.91 Å². The molecule has 0 saturated carbocycles. The first-order valence-corrected chi connectivity index (χ1v) is 7.80. The van der Waals surface area contributed by atoms with E-state index in [1.807, 2.05) is 23.1 Å². The molecule has 1 aromatic carbocycles. The molecule has 2 aromatic heterocycles. The minimum absolute atomic E-state index is 0.248. The largest absolute Gasteiger partial charge is 0.467 e. The van der Waals surface area contributed by atoms with E-state index >= 15 is 0 Å². The van der Waals surface area contributed by atoms with Crippen LogP contribution < -0.4 is 10.2 Å². The fourth-order valence-corrected chi connectivity index (χ4v) is 2.82. The summed E-state index contributed by atoms with van der Waals surface area (Å²) >= 11 is 0. The monoisotopic (exact) mass is 320 g/mol. The second-order valence-corrected chi connectivity index (χ2v) is 5.53. The summed E-state index contributed by atoms with van der Waals surface area (Å²) in [7, 11) is 0. The molecule has 0 unspecified atom stereocenters. The molecule has 6 heteroatoms. The summed E-state index contributed by atoms with van der Waals surface area (Å²) in [5, 5.41) is 2.80. The molecule has 24 heavy (non-hydrogen) atoms. The highest BCUT2D eigenvalue weighted by molar-refractivity contribution is 5.92. The average Bonchev–Trinajstić information content (AvgIpc) is 3.29. The first-order valence-electron chi connectivity index (χ1n) is 7.80. The van der Waals surface area contributed by atoms with Crippen molar-refractivity contribution in [3.63, 3.8) is 0 Å². The predicted molar refractivity (Wildman–Crippen MR) is 89.1 cm³/mol. The highest BCUT2D eigenvalue weighted by atomic mass is 16.3. The van der Waals surface area contributed by atoms with Gasteiger partial charge in [-0.3, -0.25) is 4.79 Å². The molecule has 0 aliphatic carbocycles. The number of para-hydroxylation sites is 1. The maximum atomic E-state index is 12.3. The van der Waals surface area contributed by atoms with Gasteiger partial charge >= 0.3 is 0 Å². The van der Waals surface area contributed by atoms with Crippen LogP contribution in [0.25, 0.3) is 0 Å². The van der Waals surface area contributed by atoms with Gasteiger partial charge in [-0.05, 0) is 36.2 Å². The van der Waals surface area contributed by atoms with E-state index in [0.29, 0.717) is 23.9 Å². The minimum atomic E-state index is -0.248. The third-order valence-electron chi connectivity index (χ3n) is 4.01. The van der Waals surface area contributed by atoms with Gasteiger partial charge in [-0.2, -0.15) is 0 Å². The Hall–Kier alpha value is -3.15. The molecule has 3 aromatic rings. The number of rotatable bonds is 4. The normalized spacial score (nSPS) is 12.9. The molecule has 4 rings (SSSR count). The summed E-state index contributed by atoms with van der Waals surface area (Å²) < 4.78 is 5.21. The number of fused-ring (bicyclic) bond motifs is 1. The lowest BCUT2D eigenvalue weighted by molar-refractivity contribution is 0.0943. The molecule has 0 saturated heterocycles. The van der Waals surface area contributed by atoms with Crippen molar-refractivity contribution in [1.82, 2.24) is 15.3 Å². The molecule has 0 atom stereocenters. The van der Waals surface area contributed by atoms with Gasteiger partial charge in [-0.1, -0.05) is 18.2 Å². The van der Waals surface area contributed by atoms with Crippen LogP contribution in [0.3, 0.4) is 0 Å². The number of aromatic nitrogens is 2. The average molecular weight is 320 g/mol. The summed E-state index contributed by atoms with van der Waals surface area (Å²) in [5.74, 6) is 0.999. The summed E-state index contributed by atoms with van der Waals surface area (Å²) in [6.45, 7) is 1.15. The Kier molecular flexibility index (Phi) is 3.70. The van der Waals surface area contributed by atoms with Gasteiger partial charge in [-0.25, -0.2) is 9.97 Å². The van der Waals surface area contributed by atoms with Gasteiger partial charge in [0, 0.05) is 18.4 Å². The maximum Gasteiger partial charge on any atom is 0.270 e. The number of nitrogens with zero attached hydrogens (tertiary/aromatic N) is 3. The van der Waals surface area contributed by atoms with Crippen molar-refractivity contribution in [2.24, 2.45) is 0 Å². The number of furan rings is 1. The zero-order chi connectivity index (χ0) is 16.4. The number of amides is 1. The number of carbonyl (C=O) groups is 1. The van der Waals surface area contributed by atoms with Gasteiger partial charge in [0.25, 0.3) is 5.91 Å². The fraction of sp³-hybridized carbons (Fsp3) is 0.167. The highest BCUT2D eigenvalue weighted by Crippen LogP contribution is 2.31. The van der Waals surface area contributed by atoms with Crippen molar-refractivity contribution in [2.45, 2.75) is 13.0 Å². The second kappa shape index (κ2) is 6.16. The third-order valence-corrected chi connectivity index (χ3v) is 4.01. The third kappa shape index (κ3) is 2.74. The van der Waals surface area contributed by atoms with Crippen LogP contribution in [0.15, 0.2) is 59.3 Å². The van der Waals surface area contributed by atoms with Crippen LogP contribution in [0.2, 0.25) is 0 Å². The fourth-order valence-electron chi connectivity index (χ4n) is 2.82. The second-order valence-electron chi connectivity index (χ2n) is 5.53. The Morgan fingerprint density at radius 3 is 3.00 bits per heavy atom. The van der Waals surface area contributed by atoms with Crippen LogP contribution in [-0.4, -0.2) is 22.4 Å². The molecule has 0 bridgehead atoms. The molecule has 0 spiro atoms. The summed E-state index contributed by atoms with van der Waals surface area (Å²) in [5.41, 5.74) is 2.72. The Morgan fingerprint density at radius 1 is 1.21 bits per heavy atom. The highest BCUT2D eigenvalue weighted by Gasteiger charge is 2.22. The Labute approximate surface area is 139 Å². The van der Waals surface area contributed by atoms with Gasteiger partial charge in [0.2, 0.25) is 5.95 Å². The Morgan fingerprint density at radius 2 is 2.12 bits per heavy atom. The molecule has 120 valence electrons. The minimum Gasteiger partial charge on any atom is -0.467 e. The zero-order valence-corrected chi connectivity index (χ0v) is 13.0. The van der Waals surface area contributed by atoms with E-state index in [2.05, 4.69) is 27.4 Å². The van der Waals surface area contributed by atoms with E-state index in [9.17, 15) is 4.79 Å². The number of hydrogen-bond donors (Lipinski definition) is 1. The molecule has 0 fully saturated rings. The van der Waals surface area contributed by atoms with Crippen LogP contribution in [0, 0.1) is 0 Å². The van der Waals surface area contributed by atoms with Crippen molar-refractivity contribution in [1.29, 1.82) is 0 Å². The molecular weight excluding hydrogens is 304 g/mol. The lowest BCUT2D eigenvalue weighted by Crippen LogP contribution is -2.25. The van der Waals surface area contributed by atoms with E-state index in [1.165, 1.54) is 5.56 Å². The van der Waals surface area contributed by atoms with Crippen LogP contribution in [0.4, 0.5) is 11.6 Å². The number of carbonyl (C=O) groups excluding carboxylic acids is 1. The van der Waals surface area contributed by atoms with Gasteiger partial charge in [-0.15, -0.1) is 0 Å². The summed E-state index contributed by atoms with van der Waals surface area (Å²) in [6.07, 6.45) is 4.15. The van der Waals surface area contributed by atoms with Crippen molar-refractivity contribution >= 4 is 17.5 Å². The van der Waals surface area contributed by atoms with Crippen LogP contribution >= 0.6 is 0 Å². The van der Waals surface area contributed by atoms with E-state index in [4.69, 9.17) is 4.42 Å².